The molecule has 1 heterocycles. The van der Waals surface area contributed by atoms with Gasteiger partial charge in [-0.05, 0) is 35.7 Å². The zero-order valence-electron chi connectivity index (χ0n) is 10.8. The first-order valence-corrected chi connectivity index (χ1v) is 6.25. The van der Waals surface area contributed by atoms with E-state index >= 15 is 0 Å². The third-order valence-corrected chi connectivity index (χ3v) is 3.27. The van der Waals surface area contributed by atoms with Crippen LogP contribution in [-0.2, 0) is 6.18 Å². The van der Waals surface area contributed by atoms with Crippen molar-refractivity contribution in [1.82, 2.24) is 0 Å². The van der Waals surface area contributed by atoms with Gasteiger partial charge >= 0.3 is 6.18 Å². The highest BCUT2D eigenvalue weighted by Crippen LogP contribution is 2.31. The van der Waals surface area contributed by atoms with Gasteiger partial charge in [0.15, 0.2) is 6.20 Å². The number of alkyl halides is 3. The van der Waals surface area contributed by atoms with Crippen LogP contribution < -0.4 is 4.73 Å². The SMILES string of the molecule is [O-][n+]1cc2ccc(C(F)(F)F)cc2cc1-c1ccccc1. The molecule has 3 rings (SSSR count). The van der Waals surface area contributed by atoms with E-state index in [2.05, 4.69) is 0 Å². The fourth-order valence-corrected chi connectivity index (χ4v) is 2.22. The second kappa shape index (κ2) is 4.77. The number of hydrogen-bond donors (Lipinski definition) is 0. The molecule has 0 unspecified atom stereocenters. The van der Waals surface area contributed by atoms with Gasteiger partial charge in [-0.3, -0.25) is 0 Å². The Morgan fingerprint density at radius 2 is 1.57 bits per heavy atom. The van der Waals surface area contributed by atoms with E-state index < -0.39 is 11.7 Å². The van der Waals surface area contributed by atoms with E-state index in [9.17, 15) is 18.4 Å². The summed E-state index contributed by atoms with van der Waals surface area (Å²) in [6.45, 7) is 0. The Hall–Kier alpha value is -2.56. The number of rotatable bonds is 1. The van der Waals surface area contributed by atoms with Gasteiger partial charge < -0.3 is 5.21 Å². The smallest absolute Gasteiger partial charge is 0.416 e. The first-order chi connectivity index (χ1) is 9.95. The molecule has 5 heteroatoms. The van der Waals surface area contributed by atoms with Crippen molar-refractivity contribution in [2.45, 2.75) is 6.18 Å². The Morgan fingerprint density at radius 3 is 2.24 bits per heavy atom. The molecule has 21 heavy (non-hydrogen) atoms. The van der Waals surface area contributed by atoms with Crippen LogP contribution in [0.15, 0.2) is 60.8 Å². The van der Waals surface area contributed by atoms with Crippen LogP contribution in [0.2, 0.25) is 0 Å². The third-order valence-electron chi connectivity index (χ3n) is 3.27. The molecule has 0 fully saturated rings. The van der Waals surface area contributed by atoms with E-state index in [1.165, 1.54) is 18.3 Å². The van der Waals surface area contributed by atoms with E-state index in [-0.39, 0.29) is 0 Å². The lowest BCUT2D eigenvalue weighted by Crippen LogP contribution is -2.28. The van der Waals surface area contributed by atoms with Gasteiger partial charge in [-0.1, -0.05) is 18.2 Å². The van der Waals surface area contributed by atoms with Crippen molar-refractivity contribution in [3.63, 3.8) is 0 Å². The summed E-state index contributed by atoms with van der Waals surface area (Å²) in [5.74, 6) is 0. The standard InChI is InChI=1S/C16H10F3NO/c17-16(18,19)14-7-6-12-10-20(21)15(9-13(12)8-14)11-4-2-1-3-5-11/h1-10H. The predicted octanol–water partition coefficient (Wildman–Crippen LogP) is 4.16. The van der Waals surface area contributed by atoms with Crippen LogP contribution in [0.5, 0.6) is 0 Å². The number of benzene rings is 2. The average molecular weight is 289 g/mol. The summed E-state index contributed by atoms with van der Waals surface area (Å²) in [4.78, 5) is 0. The summed E-state index contributed by atoms with van der Waals surface area (Å²) in [7, 11) is 0. The minimum absolute atomic E-state index is 0.322. The molecular formula is C16H10F3NO. The molecule has 0 spiro atoms. The predicted molar refractivity (Wildman–Crippen MR) is 73.3 cm³/mol. The molecule has 0 aliphatic heterocycles. The van der Waals surface area contributed by atoms with Crippen LogP contribution in [0.25, 0.3) is 22.0 Å². The maximum atomic E-state index is 12.8. The summed E-state index contributed by atoms with van der Waals surface area (Å²) in [5, 5.41) is 12.9. The lowest BCUT2D eigenvalue weighted by Gasteiger charge is -2.09. The van der Waals surface area contributed by atoms with Crippen LogP contribution in [0, 0.1) is 5.21 Å². The van der Waals surface area contributed by atoms with Gasteiger partial charge in [0.05, 0.1) is 5.56 Å². The van der Waals surface area contributed by atoms with Crippen molar-refractivity contribution in [2.24, 2.45) is 0 Å². The number of halogens is 3. The lowest BCUT2D eigenvalue weighted by atomic mass is 10.0. The number of aromatic nitrogens is 1. The highest BCUT2D eigenvalue weighted by Gasteiger charge is 2.30. The molecule has 2 nitrogen and oxygen atoms in total. The van der Waals surface area contributed by atoms with E-state index in [0.29, 0.717) is 26.8 Å². The quantitative estimate of drug-likeness (QED) is 0.488. The summed E-state index contributed by atoms with van der Waals surface area (Å²) in [6.07, 6.45) is -3.11. The minimum atomic E-state index is -4.40. The number of fused-ring (bicyclic) bond motifs is 1. The highest BCUT2D eigenvalue weighted by atomic mass is 19.4. The largest absolute Gasteiger partial charge is 0.618 e. The van der Waals surface area contributed by atoms with Crippen LogP contribution in [0.1, 0.15) is 5.56 Å². The molecule has 0 amide bonds. The van der Waals surface area contributed by atoms with Crippen molar-refractivity contribution < 1.29 is 17.9 Å². The second-order valence-electron chi connectivity index (χ2n) is 4.69. The Kier molecular flexibility index (Phi) is 3.05. The van der Waals surface area contributed by atoms with Crippen LogP contribution in [0.3, 0.4) is 0 Å². The van der Waals surface area contributed by atoms with Gasteiger partial charge in [-0.15, -0.1) is 0 Å². The maximum absolute atomic E-state index is 12.8. The molecule has 0 saturated heterocycles. The van der Waals surface area contributed by atoms with E-state index in [1.807, 2.05) is 0 Å². The molecular weight excluding hydrogens is 279 g/mol. The van der Waals surface area contributed by atoms with Gasteiger partial charge in [-0.2, -0.15) is 17.9 Å². The van der Waals surface area contributed by atoms with Gasteiger partial charge in [-0.25, -0.2) is 0 Å². The molecule has 0 radical (unpaired) electrons. The van der Waals surface area contributed by atoms with E-state index in [1.54, 1.807) is 30.3 Å². The molecule has 0 bridgehead atoms. The molecule has 0 aliphatic rings. The summed E-state index contributed by atoms with van der Waals surface area (Å²) in [5.41, 5.74) is 0.256. The fraction of sp³-hybridized carbons (Fsp3) is 0.0625. The van der Waals surface area contributed by atoms with Crippen molar-refractivity contribution in [1.29, 1.82) is 0 Å². The zero-order chi connectivity index (χ0) is 15.0. The minimum Gasteiger partial charge on any atom is -0.618 e. The van der Waals surface area contributed by atoms with Crippen LogP contribution >= 0.6 is 0 Å². The van der Waals surface area contributed by atoms with E-state index in [4.69, 9.17) is 0 Å². The summed E-state index contributed by atoms with van der Waals surface area (Å²) < 4.78 is 38.9. The molecule has 1 aromatic heterocycles. The number of nitrogens with zero attached hydrogens (tertiary/aromatic N) is 1. The molecule has 3 aromatic rings. The molecule has 0 saturated carbocycles. The van der Waals surface area contributed by atoms with Gasteiger partial charge in [0.1, 0.15) is 0 Å². The maximum Gasteiger partial charge on any atom is 0.416 e. The third kappa shape index (κ3) is 2.54. The first-order valence-electron chi connectivity index (χ1n) is 6.25. The van der Waals surface area contributed by atoms with E-state index in [0.717, 1.165) is 12.1 Å². The van der Waals surface area contributed by atoms with Crippen molar-refractivity contribution in [3.05, 3.63) is 71.6 Å². The normalized spacial score (nSPS) is 11.8. The first kappa shape index (κ1) is 13.4. The Balaban J connectivity index is 2.21. The molecule has 0 N–H and O–H groups in total. The van der Waals surface area contributed by atoms with Gasteiger partial charge in [0.2, 0.25) is 5.69 Å². The number of pyridine rings is 1. The van der Waals surface area contributed by atoms with Gasteiger partial charge in [0.25, 0.3) is 0 Å². The van der Waals surface area contributed by atoms with Crippen LogP contribution in [-0.4, -0.2) is 0 Å². The van der Waals surface area contributed by atoms with Crippen molar-refractivity contribution in [2.75, 3.05) is 0 Å². The Morgan fingerprint density at radius 1 is 0.857 bits per heavy atom. The second-order valence-corrected chi connectivity index (χ2v) is 4.69. The summed E-state index contributed by atoms with van der Waals surface area (Å²) >= 11 is 0. The molecule has 2 aromatic carbocycles. The molecule has 0 atom stereocenters. The lowest BCUT2D eigenvalue weighted by molar-refractivity contribution is -0.592. The topological polar surface area (TPSA) is 26.9 Å². The molecule has 0 aliphatic carbocycles. The highest BCUT2D eigenvalue weighted by molar-refractivity contribution is 5.84. The van der Waals surface area contributed by atoms with Crippen molar-refractivity contribution >= 4 is 10.8 Å². The number of hydrogen-bond acceptors (Lipinski definition) is 1. The van der Waals surface area contributed by atoms with Crippen LogP contribution in [0.4, 0.5) is 13.2 Å². The zero-order valence-corrected chi connectivity index (χ0v) is 10.8. The van der Waals surface area contributed by atoms with Gasteiger partial charge in [0, 0.05) is 17.0 Å². The Labute approximate surface area is 118 Å². The average Bonchev–Trinajstić information content (AvgIpc) is 2.46. The van der Waals surface area contributed by atoms with Crippen molar-refractivity contribution in [3.8, 4) is 11.3 Å². The summed E-state index contributed by atoms with van der Waals surface area (Å²) in [6, 6.07) is 13.6. The Bertz CT molecular complexity index is 798. The monoisotopic (exact) mass is 289 g/mol. The molecule has 106 valence electrons. The fourth-order valence-electron chi connectivity index (χ4n) is 2.22.